The van der Waals surface area contributed by atoms with Gasteiger partial charge in [-0.15, -0.1) is 0 Å². The van der Waals surface area contributed by atoms with Crippen LogP contribution in [0.4, 0.5) is 9.18 Å². The van der Waals surface area contributed by atoms with Gasteiger partial charge in [-0.2, -0.15) is 0 Å². The molecule has 12 heteroatoms. The SMILES string of the molecule is CC(C)(C)OC(=O)N[C@@]1(C(=O)O)[C@H](NC(=O)c2ccc(Cl)c(Cl)c2)C[C@@H]2[C@H]1[C@@]2(F)C(=O)O. The van der Waals surface area contributed by atoms with Crippen LogP contribution in [0, 0.1) is 11.8 Å². The monoisotopic (exact) mass is 490 g/mol. The molecule has 1 aromatic carbocycles. The molecule has 2 aliphatic carbocycles. The third-order valence-corrected chi connectivity index (χ3v) is 6.43. The zero-order valence-electron chi connectivity index (χ0n) is 17.2. The topological polar surface area (TPSA) is 142 Å². The number of amides is 2. The van der Waals surface area contributed by atoms with Crippen LogP contribution < -0.4 is 10.6 Å². The molecule has 0 heterocycles. The molecule has 0 unspecified atom stereocenters. The van der Waals surface area contributed by atoms with Crippen molar-refractivity contribution < 1.29 is 38.5 Å². The fourth-order valence-corrected chi connectivity index (χ4v) is 4.65. The molecule has 3 rings (SSSR count). The number of carbonyl (C=O) groups is 4. The van der Waals surface area contributed by atoms with Gasteiger partial charge in [0.25, 0.3) is 5.91 Å². The molecule has 2 aliphatic rings. The highest BCUT2D eigenvalue weighted by atomic mass is 35.5. The zero-order valence-corrected chi connectivity index (χ0v) is 18.8. The van der Waals surface area contributed by atoms with Gasteiger partial charge in [-0.1, -0.05) is 23.2 Å². The first-order valence-electron chi connectivity index (χ1n) is 9.57. The molecule has 2 fully saturated rings. The summed E-state index contributed by atoms with van der Waals surface area (Å²) in [7, 11) is 0. The number of carboxylic acids is 2. The number of carboxylic acid groups (broad SMARTS) is 2. The highest BCUT2D eigenvalue weighted by Crippen LogP contribution is 2.67. The molecule has 0 spiro atoms. The second kappa shape index (κ2) is 7.77. The summed E-state index contributed by atoms with van der Waals surface area (Å²) in [6.45, 7) is 4.61. The van der Waals surface area contributed by atoms with E-state index in [1.165, 1.54) is 39.0 Å². The first-order valence-corrected chi connectivity index (χ1v) is 10.3. The number of hydrogen-bond donors (Lipinski definition) is 4. The van der Waals surface area contributed by atoms with E-state index in [1.807, 2.05) is 0 Å². The molecule has 0 bridgehead atoms. The van der Waals surface area contributed by atoms with Crippen molar-refractivity contribution in [2.24, 2.45) is 11.8 Å². The molecule has 0 radical (unpaired) electrons. The van der Waals surface area contributed by atoms with Crippen molar-refractivity contribution in [2.75, 3.05) is 0 Å². The molecule has 2 saturated carbocycles. The Hall–Kier alpha value is -2.59. The average molecular weight is 491 g/mol. The Morgan fingerprint density at radius 3 is 2.25 bits per heavy atom. The first kappa shape index (κ1) is 24.1. The number of ether oxygens (including phenoxy) is 1. The molecule has 4 N–H and O–H groups in total. The lowest BCUT2D eigenvalue weighted by Gasteiger charge is -2.37. The van der Waals surface area contributed by atoms with Crippen LogP contribution in [0.25, 0.3) is 0 Å². The van der Waals surface area contributed by atoms with Crippen molar-refractivity contribution in [1.29, 1.82) is 0 Å². The van der Waals surface area contributed by atoms with Crippen LogP contribution in [0.5, 0.6) is 0 Å². The van der Waals surface area contributed by atoms with Crippen molar-refractivity contribution in [3.05, 3.63) is 33.8 Å². The van der Waals surface area contributed by atoms with Crippen molar-refractivity contribution in [3.8, 4) is 0 Å². The summed E-state index contributed by atoms with van der Waals surface area (Å²) >= 11 is 11.8. The van der Waals surface area contributed by atoms with E-state index in [4.69, 9.17) is 27.9 Å². The van der Waals surface area contributed by atoms with Gasteiger partial charge >= 0.3 is 18.0 Å². The highest BCUT2D eigenvalue weighted by molar-refractivity contribution is 6.42. The van der Waals surface area contributed by atoms with Gasteiger partial charge in [0, 0.05) is 17.4 Å². The summed E-state index contributed by atoms with van der Waals surface area (Å²) in [4.78, 5) is 49.1. The van der Waals surface area contributed by atoms with Gasteiger partial charge in [0.1, 0.15) is 5.60 Å². The Kier molecular flexibility index (Phi) is 5.84. The minimum Gasteiger partial charge on any atom is -0.479 e. The third-order valence-electron chi connectivity index (χ3n) is 5.69. The quantitative estimate of drug-likeness (QED) is 0.496. The highest BCUT2D eigenvalue weighted by Gasteiger charge is 2.86. The van der Waals surface area contributed by atoms with Gasteiger partial charge in [0.15, 0.2) is 5.54 Å². The number of rotatable bonds is 5. The Balaban J connectivity index is 1.96. The molecule has 0 aliphatic heterocycles. The second-order valence-corrected chi connectivity index (χ2v) is 9.66. The van der Waals surface area contributed by atoms with Crippen molar-refractivity contribution in [2.45, 2.75) is 50.0 Å². The second-order valence-electron chi connectivity index (χ2n) is 8.85. The van der Waals surface area contributed by atoms with E-state index in [-0.39, 0.29) is 22.0 Å². The molecule has 32 heavy (non-hydrogen) atoms. The standard InChI is InChI=1S/C20H21Cl2FN2O7/c1-18(2,3)32-17(31)25-20(16(29)30)12(7-9-13(20)19(9,23)15(27)28)24-14(26)8-4-5-10(21)11(22)6-8/h4-6,9,12-13H,7H2,1-3H3,(H,24,26)(H,25,31)(H,27,28)(H,29,30)/t9-,12-,13+,19-,20+/m1/s1. The van der Waals surface area contributed by atoms with E-state index >= 15 is 4.39 Å². The maximum absolute atomic E-state index is 15.1. The summed E-state index contributed by atoms with van der Waals surface area (Å²) in [5, 5.41) is 24.3. The van der Waals surface area contributed by atoms with Gasteiger partial charge in [-0.05, 0) is 45.4 Å². The normalized spacial score (nSPS) is 30.8. The van der Waals surface area contributed by atoms with E-state index < -0.39 is 58.6 Å². The Labute approximate surface area is 192 Å². The molecule has 9 nitrogen and oxygen atoms in total. The number of alkyl halides is 1. The summed E-state index contributed by atoms with van der Waals surface area (Å²) in [5.41, 5.74) is -6.28. The Bertz CT molecular complexity index is 1010. The maximum atomic E-state index is 15.1. The third kappa shape index (κ3) is 3.86. The van der Waals surface area contributed by atoms with E-state index in [1.54, 1.807) is 0 Å². The number of fused-ring (bicyclic) bond motifs is 1. The molecule has 5 atom stereocenters. The Morgan fingerprint density at radius 1 is 1.12 bits per heavy atom. The van der Waals surface area contributed by atoms with Gasteiger partial charge in [-0.25, -0.2) is 18.8 Å². The maximum Gasteiger partial charge on any atom is 0.408 e. The first-order chi connectivity index (χ1) is 14.6. The van der Waals surface area contributed by atoms with Gasteiger partial charge in [0.05, 0.1) is 16.1 Å². The van der Waals surface area contributed by atoms with Gasteiger partial charge in [0.2, 0.25) is 5.67 Å². The molecular weight excluding hydrogens is 470 g/mol. The summed E-state index contributed by atoms with van der Waals surface area (Å²) in [5.74, 6) is -7.14. The average Bonchev–Trinajstić information content (AvgIpc) is 3.10. The lowest BCUT2D eigenvalue weighted by atomic mass is 9.84. The Morgan fingerprint density at radius 2 is 1.75 bits per heavy atom. The van der Waals surface area contributed by atoms with Crippen LogP contribution in [0.2, 0.25) is 10.0 Å². The van der Waals surface area contributed by atoms with E-state index in [2.05, 4.69) is 10.6 Å². The smallest absolute Gasteiger partial charge is 0.408 e. The largest absolute Gasteiger partial charge is 0.479 e. The summed E-state index contributed by atoms with van der Waals surface area (Å²) in [6.07, 6.45) is -1.52. The number of nitrogens with one attached hydrogen (secondary N) is 2. The van der Waals surface area contributed by atoms with E-state index in [0.717, 1.165) is 0 Å². The fraction of sp³-hybridized carbons (Fsp3) is 0.500. The predicted molar refractivity (Wildman–Crippen MR) is 111 cm³/mol. The van der Waals surface area contributed by atoms with Crippen LogP contribution in [0.1, 0.15) is 37.6 Å². The predicted octanol–water partition coefficient (Wildman–Crippen LogP) is 2.88. The minimum atomic E-state index is -2.86. The molecule has 2 amide bonds. The molecule has 0 saturated heterocycles. The van der Waals surface area contributed by atoms with Crippen LogP contribution in [-0.2, 0) is 14.3 Å². The van der Waals surface area contributed by atoms with Crippen LogP contribution in [0.15, 0.2) is 18.2 Å². The van der Waals surface area contributed by atoms with Crippen LogP contribution in [0.3, 0.4) is 0 Å². The number of hydrogen-bond acceptors (Lipinski definition) is 5. The molecule has 0 aromatic heterocycles. The van der Waals surface area contributed by atoms with Crippen LogP contribution in [-0.4, -0.2) is 57.0 Å². The lowest BCUT2D eigenvalue weighted by Crippen LogP contribution is -2.68. The minimum absolute atomic E-state index is 0.0428. The van der Waals surface area contributed by atoms with Crippen LogP contribution >= 0.6 is 23.2 Å². The summed E-state index contributed by atoms with van der Waals surface area (Å²) in [6, 6.07) is 2.65. The van der Waals surface area contributed by atoms with Crippen molar-refractivity contribution in [3.63, 3.8) is 0 Å². The zero-order chi connectivity index (χ0) is 24.2. The van der Waals surface area contributed by atoms with Crippen molar-refractivity contribution in [1.82, 2.24) is 10.6 Å². The van der Waals surface area contributed by atoms with E-state index in [9.17, 15) is 29.4 Å². The number of halogens is 3. The van der Waals surface area contributed by atoms with Gasteiger partial charge in [-0.3, -0.25) is 4.79 Å². The molecule has 1 aromatic rings. The van der Waals surface area contributed by atoms with Gasteiger partial charge < -0.3 is 25.6 Å². The fourth-order valence-electron chi connectivity index (χ4n) is 4.35. The lowest BCUT2D eigenvalue weighted by molar-refractivity contribution is -0.151. The number of alkyl carbamates (subject to hydrolysis) is 1. The van der Waals surface area contributed by atoms with E-state index in [0.29, 0.717) is 0 Å². The molecular formula is C20H21Cl2FN2O7. The number of benzene rings is 1. The van der Waals surface area contributed by atoms with Crippen molar-refractivity contribution >= 4 is 47.1 Å². The summed E-state index contributed by atoms with van der Waals surface area (Å²) < 4.78 is 20.2. The number of carbonyl (C=O) groups excluding carboxylic acids is 2. The molecule has 174 valence electrons. The number of aliphatic carboxylic acids is 2.